The Morgan fingerprint density at radius 1 is 1.10 bits per heavy atom. The van der Waals surface area contributed by atoms with Crippen LogP contribution in [0.1, 0.15) is 12.3 Å². The number of carbonyl (C=O) groups excluding carboxylic acids is 1. The van der Waals surface area contributed by atoms with E-state index < -0.39 is 15.7 Å². The maximum Gasteiger partial charge on any atom is 0.322 e. The summed E-state index contributed by atoms with van der Waals surface area (Å²) in [5.41, 5.74) is 0. The molecule has 2 aromatic carbocycles. The molecular weight excluding hydrogens is 414 g/mol. The Labute approximate surface area is 172 Å². The van der Waals surface area contributed by atoms with Gasteiger partial charge in [-0.2, -0.15) is 0 Å². The van der Waals surface area contributed by atoms with E-state index in [4.69, 9.17) is 9.15 Å². The van der Waals surface area contributed by atoms with Gasteiger partial charge in [0.15, 0.2) is 9.84 Å². The lowest BCUT2D eigenvalue weighted by molar-refractivity contribution is -0.116. The van der Waals surface area contributed by atoms with E-state index in [0.717, 1.165) is 4.90 Å². The van der Waals surface area contributed by atoms with Crippen LogP contribution in [0.4, 0.5) is 6.01 Å². The molecular formula is C19H19N3O5S2. The van der Waals surface area contributed by atoms with Crippen LogP contribution in [0.3, 0.4) is 0 Å². The van der Waals surface area contributed by atoms with Gasteiger partial charge in [0.05, 0.1) is 23.5 Å². The second-order valence-electron chi connectivity index (χ2n) is 5.90. The molecule has 0 aliphatic carbocycles. The quantitative estimate of drug-likeness (QED) is 0.512. The minimum absolute atomic E-state index is 0.0551. The zero-order chi connectivity index (χ0) is 20.7. The second kappa shape index (κ2) is 9.57. The number of amides is 1. The lowest BCUT2D eigenvalue weighted by atomic mass is 10.3. The van der Waals surface area contributed by atoms with Crippen molar-refractivity contribution in [3.8, 4) is 5.75 Å². The molecule has 1 amide bonds. The monoisotopic (exact) mass is 433 g/mol. The summed E-state index contributed by atoms with van der Waals surface area (Å²) in [5, 5.41) is 10.1. The summed E-state index contributed by atoms with van der Waals surface area (Å²) in [6, 6.07) is 15.7. The predicted molar refractivity (Wildman–Crippen MR) is 109 cm³/mol. The smallest absolute Gasteiger partial charge is 0.322 e. The number of aromatic nitrogens is 2. The summed E-state index contributed by atoms with van der Waals surface area (Å²) in [4.78, 5) is 13.2. The average molecular weight is 434 g/mol. The van der Waals surface area contributed by atoms with Gasteiger partial charge < -0.3 is 9.15 Å². The fourth-order valence-electron chi connectivity index (χ4n) is 2.33. The molecule has 0 radical (unpaired) electrons. The number of hydrogen-bond acceptors (Lipinski definition) is 8. The zero-order valence-electron chi connectivity index (χ0n) is 15.6. The maximum absolute atomic E-state index is 12.3. The van der Waals surface area contributed by atoms with E-state index in [2.05, 4.69) is 15.5 Å². The fourth-order valence-corrected chi connectivity index (χ4v) is 4.33. The molecule has 29 heavy (non-hydrogen) atoms. The molecule has 0 unspecified atom stereocenters. The number of anilines is 1. The number of ether oxygens (including phenoxy) is 1. The lowest BCUT2D eigenvalue weighted by Gasteiger charge is -2.05. The standard InChI is InChI=1S/C19H19N3O5S2/c1-26-14-7-9-16(10-8-14)29(24,25)12-11-17(23)20-19-22-21-18(27-19)13-28-15-5-3-2-4-6-15/h2-10H,11-13H2,1H3,(H,20,22,23). The summed E-state index contributed by atoms with van der Waals surface area (Å²) in [7, 11) is -2.10. The second-order valence-corrected chi connectivity index (χ2v) is 9.05. The molecule has 1 heterocycles. The maximum atomic E-state index is 12.3. The van der Waals surface area contributed by atoms with Crippen molar-refractivity contribution in [3.05, 3.63) is 60.5 Å². The van der Waals surface area contributed by atoms with E-state index in [1.54, 1.807) is 12.1 Å². The normalized spacial score (nSPS) is 11.2. The summed E-state index contributed by atoms with van der Waals surface area (Å²) >= 11 is 1.52. The largest absolute Gasteiger partial charge is 0.497 e. The first-order valence-electron chi connectivity index (χ1n) is 8.63. The van der Waals surface area contributed by atoms with Crippen LogP contribution in [-0.4, -0.2) is 37.4 Å². The summed E-state index contributed by atoms with van der Waals surface area (Å²) in [6.07, 6.45) is -0.231. The van der Waals surface area contributed by atoms with Gasteiger partial charge in [0, 0.05) is 11.3 Å². The summed E-state index contributed by atoms with van der Waals surface area (Å²) in [6.45, 7) is 0. The first-order valence-corrected chi connectivity index (χ1v) is 11.3. The van der Waals surface area contributed by atoms with Gasteiger partial charge >= 0.3 is 6.01 Å². The van der Waals surface area contributed by atoms with Crippen molar-refractivity contribution < 1.29 is 22.4 Å². The highest BCUT2D eigenvalue weighted by Gasteiger charge is 2.18. The van der Waals surface area contributed by atoms with Crippen molar-refractivity contribution in [1.29, 1.82) is 0 Å². The highest BCUT2D eigenvalue weighted by Crippen LogP contribution is 2.22. The van der Waals surface area contributed by atoms with Crippen molar-refractivity contribution in [2.45, 2.75) is 22.0 Å². The number of rotatable bonds is 9. The molecule has 10 heteroatoms. The zero-order valence-corrected chi connectivity index (χ0v) is 17.2. The van der Waals surface area contributed by atoms with Crippen LogP contribution in [0.15, 0.2) is 68.8 Å². The van der Waals surface area contributed by atoms with Gasteiger partial charge in [-0.15, -0.1) is 16.9 Å². The molecule has 0 spiro atoms. The molecule has 3 aromatic rings. The molecule has 1 aromatic heterocycles. The Balaban J connectivity index is 1.49. The van der Waals surface area contributed by atoms with Gasteiger partial charge in [-0.05, 0) is 36.4 Å². The van der Waals surface area contributed by atoms with Crippen LogP contribution in [-0.2, 0) is 20.4 Å². The van der Waals surface area contributed by atoms with Crippen LogP contribution < -0.4 is 10.1 Å². The molecule has 0 aliphatic heterocycles. The van der Waals surface area contributed by atoms with Crippen molar-refractivity contribution in [2.24, 2.45) is 0 Å². The van der Waals surface area contributed by atoms with Crippen LogP contribution >= 0.6 is 11.8 Å². The van der Waals surface area contributed by atoms with Crippen molar-refractivity contribution in [2.75, 3.05) is 18.2 Å². The van der Waals surface area contributed by atoms with E-state index in [1.807, 2.05) is 30.3 Å². The Kier molecular flexibility index (Phi) is 6.89. The third-order valence-electron chi connectivity index (χ3n) is 3.84. The Bertz CT molecular complexity index is 1050. The van der Waals surface area contributed by atoms with Crippen LogP contribution in [0, 0.1) is 0 Å². The number of nitrogens with zero attached hydrogens (tertiary/aromatic N) is 2. The highest BCUT2D eigenvalue weighted by molar-refractivity contribution is 7.98. The highest BCUT2D eigenvalue weighted by atomic mass is 32.2. The predicted octanol–water partition coefficient (Wildman–Crippen LogP) is 3.17. The number of methoxy groups -OCH3 is 1. The molecule has 3 rings (SSSR count). The minimum atomic E-state index is -3.59. The van der Waals surface area contributed by atoms with Crippen LogP contribution in [0.5, 0.6) is 5.75 Å². The van der Waals surface area contributed by atoms with Gasteiger partial charge in [0.25, 0.3) is 0 Å². The van der Waals surface area contributed by atoms with Gasteiger partial charge in [-0.25, -0.2) is 8.42 Å². The van der Waals surface area contributed by atoms with Crippen molar-refractivity contribution in [1.82, 2.24) is 10.2 Å². The van der Waals surface area contributed by atoms with E-state index >= 15 is 0 Å². The van der Waals surface area contributed by atoms with Gasteiger partial charge in [0.1, 0.15) is 5.75 Å². The lowest BCUT2D eigenvalue weighted by Crippen LogP contribution is -2.17. The van der Waals surface area contributed by atoms with Crippen molar-refractivity contribution >= 4 is 33.5 Å². The third-order valence-corrected chi connectivity index (χ3v) is 6.56. The van der Waals surface area contributed by atoms with Crippen molar-refractivity contribution in [3.63, 3.8) is 0 Å². The molecule has 0 fully saturated rings. The molecule has 1 N–H and O–H groups in total. The first-order chi connectivity index (χ1) is 14.0. The molecule has 0 saturated carbocycles. The Morgan fingerprint density at radius 3 is 2.52 bits per heavy atom. The third kappa shape index (κ3) is 6.06. The topological polar surface area (TPSA) is 111 Å². The van der Waals surface area contributed by atoms with Crippen LogP contribution in [0.2, 0.25) is 0 Å². The van der Waals surface area contributed by atoms with E-state index in [9.17, 15) is 13.2 Å². The number of nitrogens with one attached hydrogen (secondary N) is 1. The fraction of sp³-hybridized carbons (Fsp3) is 0.211. The first kappa shape index (κ1) is 20.9. The number of sulfone groups is 1. The van der Waals surface area contributed by atoms with E-state index in [0.29, 0.717) is 17.4 Å². The van der Waals surface area contributed by atoms with Crippen LogP contribution in [0.25, 0.3) is 0 Å². The number of hydrogen-bond donors (Lipinski definition) is 1. The molecule has 152 valence electrons. The average Bonchev–Trinajstić information content (AvgIpc) is 3.19. The van der Waals surface area contributed by atoms with Gasteiger partial charge in [-0.1, -0.05) is 23.3 Å². The van der Waals surface area contributed by atoms with E-state index in [-0.39, 0.29) is 23.1 Å². The van der Waals surface area contributed by atoms with E-state index in [1.165, 1.54) is 31.0 Å². The SMILES string of the molecule is COc1ccc(S(=O)(=O)CCC(=O)Nc2nnc(CSc3ccccc3)o2)cc1. The molecule has 0 atom stereocenters. The molecule has 8 nitrogen and oxygen atoms in total. The molecule has 0 bridgehead atoms. The number of benzene rings is 2. The minimum Gasteiger partial charge on any atom is -0.497 e. The summed E-state index contributed by atoms with van der Waals surface area (Å²) in [5.74, 6) is 0.515. The number of carbonyl (C=O) groups is 1. The number of thioether (sulfide) groups is 1. The summed E-state index contributed by atoms with van der Waals surface area (Å²) < 4.78 is 35.1. The Hall–Kier alpha value is -2.85. The van der Waals surface area contributed by atoms with Gasteiger partial charge in [0.2, 0.25) is 11.8 Å². The molecule has 0 saturated heterocycles. The molecule has 0 aliphatic rings. The Morgan fingerprint density at radius 2 is 1.83 bits per heavy atom. The van der Waals surface area contributed by atoms with Gasteiger partial charge in [-0.3, -0.25) is 10.1 Å².